The molecule has 0 amide bonds. The van der Waals surface area contributed by atoms with E-state index in [1.165, 1.54) is 12.8 Å². The SMILES string of the molecule is O=C(O)c1c(OC2CCCC2)cnn1C1CCCC1. The second-order valence-electron chi connectivity index (χ2n) is 5.57. The molecule has 5 heteroatoms. The monoisotopic (exact) mass is 264 g/mol. The minimum atomic E-state index is -0.933. The van der Waals surface area contributed by atoms with Crippen LogP contribution in [0.4, 0.5) is 0 Å². The smallest absolute Gasteiger partial charge is 0.358 e. The van der Waals surface area contributed by atoms with Crippen molar-refractivity contribution in [3.8, 4) is 5.75 Å². The molecule has 104 valence electrons. The van der Waals surface area contributed by atoms with E-state index in [1.54, 1.807) is 10.9 Å². The molecule has 1 N–H and O–H groups in total. The van der Waals surface area contributed by atoms with Gasteiger partial charge in [-0.2, -0.15) is 5.10 Å². The zero-order valence-electron chi connectivity index (χ0n) is 11.0. The minimum absolute atomic E-state index is 0.166. The van der Waals surface area contributed by atoms with Gasteiger partial charge >= 0.3 is 5.97 Å². The first-order valence-corrected chi connectivity index (χ1v) is 7.23. The molecule has 0 atom stereocenters. The molecule has 0 saturated heterocycles. The van der Waals surface area contributed by atoms with Crippen LogP contribution >= 0.6 is 0 Å². The molecule has 2 saturated carbocycles. The van der Waals surface area contributed by atoms with E-state index in [-0.39, 0.29) is 17.8 Å². The number of hydrogen-bond acceptors (Lipinski definition) is 3. The standard InChI is InChI=1S/C14H20N2O3/c17-14(18)13-12(19-11-7-3-4-8-11)9-15-16(13)10-5-1-2-6-10/h9-11H,1-8H2,(H,17,18). The van der Waals surface area contributed by atoms with E-state index in [0.29, 0.717) is 5.75 Å². The first-order valence-electron chi connectivity index (χ1n) is 7.23. The van der Waals surface area contributed by atoms with Gasteiger partial charge in [0.05, 0.1) is 18.3 Å². The average molecular weight is 264 g/mol. The number of rotatable bonds is 4. The summed E-state index contributed by atoms with van der Waals surface area (Å²) in [6, 6.07) is 0.229. The zero-order valence-corrected chi connectivity index (χ0v) is 11.0. The summed E-state index contributed by atoms with van der Waals surface area (Å²) in [5, 5.41) is 13.7. The number of carboxylic acid groups (broad SMARTS) is 1. The first kappa shape index (κ1) is 12.5. The van der Waals surface area contributed by atoms with Gasteiger partial charge < -0.3 is 9.84 Å². The Bertz CT molecular complexity index is 457. The fourth-order valence-corrected chi connectivity index (χ4v) is 3.25. The van der Waals surface area contributed by atoms with Crippen LogP contribution in [-0.4, -0.2) is 27.0 Å². The summed E-state index contributed by atoms with van der Waals surface area (Å²) in [5.41, 5.74) is 0.235. The van der Waals surface area contributed by atoms with Crippen LogP contribution in [0, 0.1) is 0 Å². The van der Waals surface area contributed by atoms with E-state index in [1.807, 2.05) is 0 Å². The quantitative estimate of drug-likeness (QED) is 0.907. The number of carboxylic acids is 1. The number of hydrogen-bond donors (Lipinski definition) is 1. The number of ether oxygens (including phenoxy) is 1. The number of aromatic carboxylic acids is 1. The Morgan fingerprint density at radius 1 is 1.21 bits per heavy atom. The van der Waals surface area contributed by atoms with Gasteiger partial charge in [-0.05, 0) is 38.5 Å². The van der Waals surface area contributed by atoms with Crippen LogP contribution in [-0.2, 0) is 0 Å². The van der Waals surface area contributed by atoms with Crippen LogP contribution in [0.3, 0.4) is 0 Å². The van der Waals surface area contributed by atoms with Crippen molar-refractivity contribution >= 4 is 5.97 Å². The van der Waals surface area contributed by atoms with E-state index < -0.39 is 5.97 Å². The highest BCUT2D eigenvalue weighted by Crippen LogP contribution is 2.34. The lowest BCUT2D eigenvalue weighted by Crippen LogP contribution is -2.17. The summed E-state index contributed by atoms with van der Waals surface area (Å²) >= 11 is 0. The fourth-order valence-electron chi connectivity index (χ4n) is 3.25. The molecule has 1 heterocycles. The maximum atomic E-state index is 11.5. The maximum Gasteiger partial charge on any atom is 0.358 e. The molecule has 0 unspecified atom stereocenters. The molecule has 5 nitrogen and oxygen atoms in total. The number of nitrogens with zero attached hydrogens (tertiary/aromatic N) is 2. The molecular formula is C14H20N2O3. The lowest BCUT2D eigenvalue weighted by atomic mass is 10.2. The van der Waals surface area contributed by atoms with E-state index in [2.05, 4.69) is 5.10 Å². The molecule has 1 aromatic heterocycles. The molecule has 2 aliphatic carbocycles. The highest BCUT2D eigenvalue weighted by Gasteiger charge is 2.28. The van der Waals surface area contributed by atoms with E-state index >= 15 is 0 Å². The summed E-state index contributed by atoms with van der Waals surface area (Å²) in [5.74, 6) is -0.483. The van der Waals surface area contributed by atoms with Crippen molar-refractivity contribution in [1.29, 1.82) is 0 Å². The van der Waals surface area contributed by atoms with Crippen LogP contribution in [0.1, 0.15) is 67.9 Å². The molecule has 0 bridgehead atoms. The normalized spacial score (nSPS) is 21.1. The lowest BCUT2D eigenvalue weighted by Gasteiger charge is -2.15. The molecule has 0 aromatic carbocycles. The van der Waals surface area contributed by atoms with Gasteiger partial charge in [-0.3, -0.25) is 4.68 Å². The third-order valence-electron chi connectivity index (χ3n) is 4.23. The van der Waals surface area contributed by atoms with Crippen molar-refractivity contribution in [3.05, 3.63) is 11.9 Å². The van der Waals surface area contributed by atoms with Crippen LogP contribution in [0.2, 0.25) is 0 Å². The zero-order chi connectivity index (χ0) is 13.2. The van der Waals surface area contributed by atoms with Gasteiger partial charge in [0.1, 0.15) is 0 Å². The van der Waals surface area contributed by atoms with Crippen molar-refractivity contribution in [2.45, 2.75) is 63.5 Å². The summed E-state index contributed by atoms with van der Waals surface area (Å²) in [7, 11) is 0. The van der Waals surface area contributed by atoms with E-state index in [0.717, 1.165) is 38.5 Å². The third kappa shape index (κ3) is 2.46. The van der Waals surface area contributed by atoms with Crippen LogP contribution in [0.5, 0.6) is 5.75 Å². The molecule has 19 heavy (non-hydrogen) atoms. The Morgan fingerprint density at radius 3 is 2.47 bits per heavy atom. The second-order valence-corrected chi connectivity index (χ2v) is 5.57. The molecule has 0 aliphatic heterocycles. The molecule has 2 fully saturated rings. The van der Waals surface area contributed by atoms with Crippen LogP contribution in [0.25, 0.3) is 0 Å². The second kappa shape index (κ2) is 5.23. The van der Waals surface area contributed by atoms with Gasteiger partial charge in [-0.15, -0.1) is 0 Å². The maximum absolute atomic E-state index is 11.5. The van der Waals surface area contributed by atoms with Crippen molar-refractivity contribution in [1.82, 2.24) is 9.78 Å². The highest BCUT2D eigenvalue weighted by molar-refractivity contribution is 5.88. The predicted molar refractivity (Wildman–Crippen MR) is 69.6 cm³/mol. The van der Waals surface area contributed by atoms with E-state index in [4.69, 9.17) is 4.74 Å². The Balaban J connectivity index is 1.84. The Morgan fingerprint density at radius 2 is 1.84 bits per heavy atom. The van der Waals surface area contributed by atoms with Crippen molar-refractivity contribution in [3.63, 3.8) is 0 Å². The largest absolute Gasteiger partial charge is 0.486 e. The summed E-state index contributed by atoms with van der Waals surface area (Å²) < 4.78 is 7.51. The fraction of sp³-hybridized carbons (Fsp3) is 0.714. The highest BCUT2D eigenvalue weighted by atomic mass is 16.5. The predicted octanol–water partition coefficient (Wildman–Crippen LogP) is 3.02. The number of aromatic nitrogens is 2. The minimum Gasteiger partial charge on any atom is -0.486 e. The van der Waals surface area contributed by atoms with Gasteiger partial charge in [0, 0.05) is 0 Å². The lowest BCUT2D eigenvalue weighted by molar-refractivity contribution is 0.0672. The van der Waals surface area contributed by atoms with Crippen LogP contribution in [0.15, 0.2) is 6.20 Å². The molecule has 2 aliphatic rings. The Kier molecular flexibility index (Phi) is 3.44. The topological polar surface area (TPSA) is 64.3 Å². The molecule has 3 rings (SSSR count). The van der Waals surface area contributed by atoms with Crippen molar-refractivity contribution in [2.75, 3.05) is 0 Å². The molecular weight excluding hydrogens is 244 g/mol. The Hall–Kier alpha value is -1.52. The molecule has 1 aromatic rings. The van der Waals surface area contributed by atoms with Gasteiger partial charge in [-0.1, -0.05) is 12.8 Å². The van der Waals surface area contributed by atoms with Crippen molar-refractivity contribution in [2.24, 2.45) is 0 Å². The molecule has 0 radical (unpaired) electrons. The van der Waals surface area contributed by atoms with Crippen molar-refractivity contribution < 1.29 is 14.6 Å². The van der Waals surface area contributed by atoms with Crippen LogP contribution < -0.4 is 4.74 Å². The van der Waals surface area contributed by atoms with Gasteiger partial charge in [-0.25, -0.2) is 4.79 Å². The first-order chi connectivity index (χ1) is 9.25. The molecule has 0 spiro atoms. The third-order valence-corrected chi connectivity index (χ3v) is 4.23. The number of carbonyl (C=O) groups is 1. The summed E-state index contributed by atoms with van der Waals surface area (Å²) in [4.78, 5) is 11.5. The summed E-state index contributed by atoms with van der Waals surface area (Å²) in [6.07, 6.45) is 10.5. The Labute approximate surface area is 112 Å². The van der Waals surface area contributed by atoms with Gasteiger partial charge in [0.2, 0.25) is 0 Å². The van der Waals surface area contributed by atoms with Gasteiger partial charge in [0.15, 0.2) is 11.4 Å². The average Bonchev–Trinajstić information content (AvgIpc) is 3.09. The summed E-state index contributed by atoms with van der Waals surface area (Å²) in [6.45, 7) is 0. The van der Waals surface area contributed by atoms with E-state index in [9.17, 15) is 9.90 Å². The van der Waals surface area contributed by atoms with Gasteiger partial charge in [0.25, 0.3) is 0 Å².